The van der Waals surface area contributed by atoms with Gasteiger partial charge in [-0.25, -0.2) is 0 Å². The molecular formula is C17H19NO. The molecule has 2 heteroatoms. The maximum atomic E-state index is 5.60. The minimum atomic E-state index is 0.577. The number of hydrogen-bond acceptors (Lipinski definition) is 2. The van der Waals surface area contributed by atoms with Crippen molar-refractivity contribution in [2.45, 2.75) is 19.8 Å². The fourth-order valence-corrected chi connectivity index (χ4v) is 2.38. The molecule has 98 valence electrons. The van der Waals surface area contributed by atoms with Crippen molar-refractivity contribution >= 4 is 5.69 Å². The summed E-state index contributed by atoms with van der Waals surface area (Å²) >= 11 is 0. The molecule has 2 aromatic carbocycles. The minimum Gasteiger partial charge on any atom is -0.490 e. The van der Waals surface area contributed by atoms with Gasteiger partial charge in [0.25, 0.3) is 0 Å². The lowest BCUT2D eigenvalue weighted by Crippen LogP contribution is -2.17. The SMILES string of the molecule is CC(C)c1ccc(-c2ccc3c(c2)NCCO3)cc1. The van der Waals surface area contributed by atoms with Crippen molar-refractivity contribution in [1.82, 2.24) is 0 Å². The summed E-state index contributed by atoms with van der Waals surface area (Å²) in [5.74, 6) is 1.53. The first-order valence-corrected chi connectivity index (χ1v) is 6.85. The Labute approximate surface area is 114 Å². The lowest BCUT2D eigenvalue weighted by Gasteiger charge is -2.19. The van der Waals surface area contributed by atoms with E-state index in [0.717, 1.165) is 24.6 Å². The van der Waals surface area contributed by atoms with Crippen molar-refractivity contribution in [3.05, 3.63) is 48.0 Å². The summed E-state index contributed by atoms with van der Waals surface area (Å²) in [5.41, 5.74) is 4.95. The summed E-state index contributed by atoms with van der Waals surface area (Å²) in [6, 6.07) is 15.1. The summed E-state index contributed by atoms with van der Waals surface area (Å²) in [6.07, 6.45) is 0. The van der Waals surface area contributed by atoms with Crippen LogP contribution in [0.4, 0.5) is 5.69 Å². The smallest absolute Gasteiger partial charge is 0.142 e. The van der Waals surface area contributed by atoms with Crippen molar-refractivity contribution in [1.29, 1.82) is 0 Å². The maximum Gasteiger partial charge on any atom is 0.142 e. The molecule has 2 nitrogen and oxygen atoms in total. The number of anilines is 1. The molecule has 2 aromatic rings. The highest BCUT2D eigenvalue weighted by Gasteiger charge is 2.10. The average Bonchev–Trinajstić information content (AvgIpc) is 2.47. The lowest BCUT2D eigenvalue weighted by molar-refractivity contribution is 0.323. The largest absolute Gasteiger partial charge is 0.490 e. The van der Waals surface area contributed by atoms with Gasteiger partial charge in [-0.3, -0.25) is 0 Å². The predicted molar refractivity (Wildman–Crippen MR) is 80.0 cm³/mol. The second-order valence-electron chi connectivity index (χ2n) is 5.26. The third kappa shape index (κ3) is 2.43. The molecule has 0 radical (unpaired) electrons. The molecule has 19 heavy (non-hydrogen) atoms. The summed E-state index contributed by atoms with van der Waals surface area (Å²) in [4.78, 5) is 0. The van der Waals surface area contributed by atoms with E-state index in [2.05, 4.69) is 55.6 Å². The Balaban J connectivity index is 1.93. The number of hydrogen-bond donors (Lipinski definition) is 1. The van der Waals surface area contributed by atoms with Crippen LogP contribution >= 0.6 is 0 Å². The third-order valence-electron chi connectivity index (χ3n) is 3.57. The predicted octanol–water partition coefficient (Wildman–Crippen LogP) is 4.28. The first-order chi connectivity index (χ1) is 9.24. The molecule has 0 atom stereocenters. The first-order valence-electron chi connectivity index (χ1n) is 6.85. The quantitative estimate of drug-likeness (QED) is 0.862. The molecule has 0 amide bonds. The first kappa shape index (κ1) is 12.1. The standard InChI is InChI=1S/C17H19NO/c1-12(2)13-3-5-14(6-4-13)15-7-8-17-16(11-15)18-9-10-19-17/h3-8,11-12,18H,9-10H2,1-2H3. The highest BCUT2D eigenvalue weighted by Crippen LogP contribution is 2.32. The Morgan fingerprint density at radius 3 is 2.47 bits per heavy atom. The van der Waals surface area contributed by atoms with Gasteiger partial charge in [-0.05, 0) is 34.7 Å². The van der Waals surface area contributed by atoms with Crippen LogP contribution in [0.2, 0.25) is 0 Å². The molecule has 0 unspecified atom stereocenters. The Morgan fingerprint density at radius 1 is 1.00 bits per heavy atom. The normalized spacial score (nSPS) is 13.6. The molecular weight excluding hydrogens is 234 g/mol. The lowest BCUT2D eigenvalue weighted by atomic mass is 9.98. The van der Waals surface area contributed by atoms with Gasteiger partial charge >= 0.3 is 0 Å². The van der Waals surface area contributed by atoms with Crippen molar-refractivity contribution < 1.29 is 4.74 Å². The highest BCUT2D eigenvalue weighted by atomic mass is 16.5. The van der Waals surface area contributed by atoms with E-state index in [1.807, 2.05) is 6.07 Å². The average molecular weight is 253 g/mol. The van der Waals surface area contributed by atoms with Crippen LogP contribution in [0, 0.1) is 0 Å². The molecule has 0 saturated carbocycles. The Kier molecular flexibility index (Phi) is 3.16. The minimum absolute atomic E-state index is 0.577. The summed E-state index contributed by atoms with van der Waals surface area (Å²) in [6.45, 7) is 6.06. The Bertz CT molecular complexity index is 572. The molecule has 1 aliphatic heterocycles. The zero-order valence-corrected chi connectivity index (χ0v) is 11.4. The topological polar surface area (TPSA) is 21.3 Å². The molecule has 1 aliphatic rings. The zero-order valence-electron chi connectivity index (χ0n) is 11.4. The van der Waals surface area contributed by atoms with Gasteiger partial charge in [0.2, 0.25) is 0 Å². The fraction of sp³-hybridized carbons (Fsp3) is 0.294. The molecule has 0 spiro atoms. The summed E-state index contributed by atoms with van der Waals surface area (Å²) in [7, 11) is 0. The third-order valence-corrected chi connectivity index (χ3v) is 3.57. The Morgan fingerprint density at radius 2 is 1.74 bits per heavy atom. The van der Waals surface area contributed by atoms with E-state index >= 15 is 0 Å². The monoisotopic (exact) mass is 253 g/mol. The molecule has 1 heterocycles. The van der Waals surface area contributed by atoms with Crippen molar-refractivity contribution in [3.8, 4) is 16.9 Å². The van der Waals surface area contributed by atoms with Crippen LogP contribution in [0.3, 0.4) is 0 Å². The molecule has 1 N–H and O–H groups in total. The van der Waals surface area contributed by atoms with E-state index in [1.165, 1.54) is 16.7 Å². The van der Waals surface area contributed by atoms with Gasteiger partial charge < -0.3 is 10.1 Å². The van der Waals surface area contributed by atoms with Crippen LogP contribution in [-0.4, -0.2) is 13.2 Å². The molecule has 0 bridgehead atoms. The van der Waals surface area contributed by atoms with Crippen LogP contribution in [0.25, 0.3) is 11.1 Å². The highest BCUT2D eigenvalue weighted by molar-refractivity contribution is 5.72. The number of nitrogens with one attached hydrogen (secondary N) is 1. The van der Waals surface area contributed by atoms with Gasteiger partial charge in [0, 0.05) is 6.54 Å². The second kappa shape index (κ2) is 4.96. The van der Waals surface area contributed by atoms with E-state index in [1.54, 1.807) is 0 Å². The van der Waals surface area contributed by atoms with E-state index in [4.69, 9.17) is 4.74 Å². The van der Waals surface area contributed by atoms with E-state index in [-0.39, 0.29) is 0 Å². The van der Waals surface area contributed by atoms with Crippen LogP contribution in [-0.2, 0) is 0 Å². The van der Waals surface area contributed by atoms with Crippen LogP contribution < -0.4 is 10.1 Å². The van der Waals surface area contributed by atoms with Crippen LogP contribution in [0.1, 0.15) is 25.3 Å². The molecule has 0 saturated heterocycles. The fourth-order valence-electron chi connectivity index (χ4n) is 2.38. The molecule has 3 rings (SSSR count). The molecule has 0 fully saturated rings. The van der Waals surface area contributed by atoms with Crippen LogP contribution in [0.5, 0.6) is 5.75 Å². The summed E-state index contributed by atoms with van der Waals surface area (Å²) in [5, 5.41) is 3.38. The maximum absolute atomic E-state index is 5.60. The number of benzene rings is 2. The van der Waals surface area contributed by atoms with E-state index in [9.17, 15) is 0 Å². The van der Waals surface area contributed by atoms with Crippen LogP contribution in [0.15, 0.2) is 42.5 Å². The van der Waals surface area contributed by atoms with E-state index < -0.39 is 0 Å². The number of fused-ring (bicyclic) bond motifs is 1. The van der Waals surface area contributed by atoms with Crippen molar-refractivity contribution in [2.75, 3.05) is 18.5 Å². The van der Waals surface area contributed by atoms with Gasteiger partial charge in [-0.15, -0.1) is 0 Å². The van der Waals surface area contributed by atoms with Gasteiger partial charge in [0.1, 0.15) is 12.4 Å². The summed E-state index contributed by atoms with van der Waals surface area (Å²) < 4.78 is 5.60. The van der Waals surface area contributed by atoms with Gasteiger partial charge in [-0.2, -0.15) is 0 Å². The van der Waals surface area contributed by atoms with Gasteiger partial charge in [-0.1, -0.05) is 44.2 Å². The van der Waals surface area contributed by atoms with Gasteiger partial charge in [0.05, 0.1) is 5.69 Å². The number of ether oxygens (including phenoxy) is 1. The second-order valence-corrected chi connectivity index (χ2v) is 5.26. The molecule has 0 aliphatic carbocycles. The Hall–Kier alpha value is -1.96. The number of rotatable bonds is 2. The van der Waals surface area contributed by atoms with Gasteiger partial charge in [0.15, 0.2) is 0 Å². The zero-order chi connectivity index (χ0) is 13.2. The molecule has 0 aromatic heterocycles. The van der Waals surface area contributed by atoms with E-state index in [0.29, 0.717) is 5.92 Å². The van der Waals surface area contributed by atoms with Crippen molar-refractivity contribution in [3.63, 3.8) is 0 Å². The van der Waals surface area contributed by atoms with Crippen molar-refractivity contribution in [2.24, 2.45) is 0 Å².